The van der Waals surface area contributed by atoms with E-state index in [2.05, 4.69) is 10.6 Å². The van der Waals surface area contributed by atoms with Crippen LogP contribution in [0.1, 0.15) is 12.8 Å². The first-order valence-electron chi connectivity index (χ1n) is 6.33. The highest BCUT2D eigenvalue weighted by atomic mass is 35.5. The Morgan fingerprint density at radius 1 is 1.50 bits per heavy atom. The quantitative estimate of drug-likeness (QED) is 0.874. The van der Waals surface area contributed by atoms with Gasteiger partial charge >= 0.3 is 0 Å². The van der Waals surface area contributed by atoms with Crippen LogP contribution < -0.4 is 15.4 Å². The molecule has 1 saturated carbocycles. The number of ether oxygens (including phenoxy) is 1. The molecule has 0 saturated heterocycles. The average molecular weight is 297 g/mol. The van der Waals surface area contributed by atoms with Crippen molar-refractivity contribution in [2.75, 3.05) is 13.7 Å². The zero-order valence-electron chi connectivity index (χ0n) is 10.9. The maximum atomic E-state index is 13.2. The van der Waals surface area contributed by atoms with Crippen molar-refractivity contribution in [2.24, 2.45) is 0 Å². The highest BCUT2D eigenvalue weighted by Gasteiger charge is 2.59. The third kappa shape index (κ3) is 2.22. The Balaban J connectivity index is 1.51. The second-order valence-electron chi connectivity index (χ2n) is 5.06. The smallest absolute Gasteiger partial charge is 0.258 e. The Morgan fingerprint density at radius 3 is 2.95 bits per heavy atom. The van der Waals surface area contributed by atoms with Crippen LogP contribution in [0.5, 0.6) is 5.75 Å². The molecule has 3 rings (SSSR count). The molecular formula is C14H14ClFN2O2. The number of benzene rings is 1. The summed E-state index contributed by atoms with van der Waals surface area (Å²) < 4.78 is 18.4. The lowest BCUT2D eigenvalue weighted by molar-refractivity contribution is -0.124. The van der Waals surface area contributed by atoms with Gasteiger partial charge in [0.1, 0.15) is 11.6 Å². The van der Waals surface area contributed by atoms with E-state index in [-0.39, 0.29) is 28.8 Å². The topological polar surface area (TPSA) is 50.4 Å². The van der Waals surface area contributed by atoms with Crippen LogP contribution in [0.3, 0.4) is 0 Å². The van der Waals surface area contributed by atoms with Gasteiger partial charge in [-0.1, -0.05) is 11.6 Å². The van der Waals surface area contributed by atoms with Gasteiger partial charge in [-0.15, -0.1) is 0 Å². The number of hydrogen-bond acceptors (Lipinski definition) is 3. The predicted octanol–water partition coefficient (Wildman–Crippen LogP) is 1.99. The summed E-state index contributed by atoms with van der Waals surface area (Å²) in [7, 11) is 1.88. The Hall–Kier alpha value is -1.75. The van der Waals surface area contributed by atoms with Gasteiger partial charge < -0.3 is 15.4 Å². The van der Waals surface area contributed by atoms with Gasteiger partial charge in [0.2, 0.25) is 0 Å². The number of hydrogen-bond donors (Lipinski definition) is 2. The Bertz CT molecular complexity index is 617. The SMILES string of the molecule is CNC1=C2CC2(NC(=O)COc2ccc(Cl)c(F)c2)C1. The van der Waals surface area contributed by atoms with Gasteiger partial charge in [-0.05, 0) is 17.7 Å². The third-order valence-electron chi connectivity index (χ3n) is 3.72. The van der Waals surface area contributed by atoms with Gasteiger partial charge in [0.25, 0.3) is 5.91 Å². The highest BCUT2D eigenvalue weighted by molar-refractivity contribution is 6.30. The van der Waals surface area contributed by atoms with Crippen molar-refractivity contribution in [3.8, 4) is 5.75 Å². The molecule has 1 aromatic rings. The summed E-state index contributed by atoms with van der Waals surface area (Å²) in [6, 6.07) is 4.09. The van der Waals surface area contributed by atoms with Crippen molar-refractivity contribution in [1.82, 2.24) is 10.6 Å². The van der Waals surface area contributed by atoms with Crippen LogP contribution in [0.25, 0.3) is 0 Å². The van der Waals surface area contributed by atoms with E-state index in [9.17, 15) is 9.18 Å². The predicted molar refractivity (Wildman–Crippen MR) is 73.1 cm³/mol. The Labute approximate surface area is 120 Å². The molecule has 0 bridgehead atoms. The van der Waals surface area contributed by atoms with E-state index >= 15 is 0 Å². The summed E-state index contributed by atoms with van der Waals surface area (Å²) in [5, 5.41) is 6.08. The molecule has 6 heteroatoms. The average Bonchev–Trinajstić information content (AvgIpc) is 2.97. The minimum absolute atomic E-state index is 0.0301. The lowest BCUT2D eigenvalue weighted by atomic mass is 9.98. The van der Waals surface area contributed by atoms with Crippen LogP contribution in [0.4, 0.5) is 4.39 Å². The number of halogens is 2. The molecule has 0 spiro atoms. The van der Waals surface area contributed by atoms with Crippen LogP contribution in [0.2, 0.25) is 5.02 Å². The van der Waals surface area contributed by atoms with Crippen LogP contribution in [0.15, 0.2) is 29.5 Å². The second kappa shape index (κ2) is 4.66. The monoisotopic (exact) mass is 296 g/mol. The summed E-state index contributed by atoms with van der Waals surface area (Å²) in [5.41, 5.74) is 2.35. The van der Waals surface area contributed by atoms with Gasteiger partial charge in [-0.2, -0.15) is 0 Å². The van der Waals surface area contributed by atoms with E-state index in [1.807, 2.05) is 7.05 Å². The zero-order valence-corrected chi connectivity index (χ0v) is 11.7. The molecule has 0 aliphatic heterocycles. The molecule has 2 aliphatic carbocycles. The van der Waals surface area contributed by atoms with E-state index in [1.54, 1.807) is 0 Å². The summed E-state index contributed by atoms with van der Waals surface area (Å²) in [5.74, 6) is -0.477. The summed E-state index contributed by atoms with van der Waals surface area (Å²) in [4.78, 5) is 11.8. The zero-order chi connectivity index (χ0) is 14.3. The fraction of sp³-hybridized carbons (Fsp3) is 0.357. The molecule has 0 heterocycles. The van der Waals surface area contributed by atoms with Crippen molar-refractivity contribution in [3.63, 3.8) is 0 Å². The molecule has 1 amide bonds. The minimum Gasteiger partial charge on any atom is -0.484 e. The van der Waals surface area contributed by atoms with Crippen molar-refractivity contribution < 1.29 is 13.9 Å². The molecule has 0 radical (unpaired) electrons. The first-order chi connectivity index (χ1) is 9.54. The number of nitrogens with one attached hydrogen (secondary N) is 2. The molecule has 0 aromatic heterocycles. The molecule has 1 fully saturated rings. The molecular weight excluding hydrogens is 283 g/mol. The number of amides is 1. The molecule has 1 unspecified atom stereocenters. The van der Waals surface area contributed by atoms with Crippen LogP contribution >= 0.6 is 11.6 Å². The van der Waals surface area contributed by atoms with Gasteiger partial charge in [0, 0.05) is 31.7 Å². The minimum atomic E-state index is -0.562. The molecule has 1 aromatic carbocycles. The van der Waals surface area contributed by atoms with E-state index in [1.165, 1.54) is 29.5 Å². The molecule has 2 N–H and O–H groups in total. The largest absolute Gasteiger partial charge is 0.484 e. The van der Waals surface area contributed by atoms with E-state index in [0.717, 1.165) is 12.8 Å². The number of fused-ring (bicyclic) bond motifs is 1. The van der Waals surface area contributed by atoms with Gasteiger partial charge in [0.05, 0.1) is 10.6 Å². The van der Waals surface area contributed by atoms with Crippen LogP contribution in [0, 0.1) is 5.82 Å². The highest BCUT2D eigenvalue weighted by Crippen LogP contribution is 2.57. The standard InChI is InChI=1S/C14H14ClFN2O2/c1-17-12-6-14(5-9(12)14)18-13(19)7-20-8-2-3-10(15)11(16)4-8/h2-4,17H,5-7H2,1H3,(H,18,19). The number of carbonyl (C=O) groups excluding carboxylic acids is 1. The molecule has 4 nitrogen and oxygen atoms in total. The first-order valence-corrected chi connectivity index (χ1v) is 6.71. The number of carbonyl (C=O) groups is 1. The van der Waals surface area contributed by atoms with E-state index in [0.29, 0.717) is 0 Å². The summed E-state index contributed by atoms with van der Waals surface area (Å²) in [6.07, 6.45) is 1.75. The van der Waals surface area contributed by atoms with Gasteiger partial charge in [-0.25, -0.2) is 4.39 Å². The fourth-order valence-electron chi connectivity index (χ4n) is 2.55. The lowest BCUT2D eigenvalue weighted by Gasteiger charge is -2.26. The van der Waals surface area contributed by atoms with Crippen molar-refractivity contribution >= 4 is 17.5 Å². The maximum Gasteiger partial charge on any atom is 0.258 e. The molecule has 2 aliphatic rings. The Morgan fingerprint density at radius 2 is 2.30 bits per heavy atom. The molecule has 106 valence electrons. The normalized spacial score (nSPS) is 22.8. The van der Waals surface area contributed by atoms with Gasteiger partial charge in [-0.3, -0.25) is 4.79 Å². The van der Waals surface area contributed by atoms with E-state index in [4.69, 9.17) is 16.3 Å². The molecule has 1 atom stereocenters. The van der Waals surface area contributed by atoms with Crippen molar-refractivity contribution in [3.05, 3.63) is 40.3 Å². The number of rotatable bonds is 5. The van der Waals surface area contributed by atoms with Crippen LogP contribution in [-0.4, -0.2) is 25.1 Å². The third-order valence-corrected chi connectivity index (χ3v) is 4.02. The first kappa shape index (κ1) is 13.2. The fourth-order valence-corrected chi connectivity index (χ4v) is 2.66. The Kier molecular flexibility index (Phi) is 3.09. The summed E-state index contributed by atoms with van der Waals surface area (Å²) in [6.45, 7) is -0.134. The second-order valence-corrected chi connectivity index (χ2v) is 5.46. The van der Waals surface area contributed by atoms with Crippen LogP contribution in [-0.2, 0) is 4.79 Å². The summed E-state index contributed by atoms with van der Waals surface area (Å²) >= 11 is 5.57. The molecule has 20 heavy (non-hydrogen) atoms. The van der Waals surface area contributed by atoms with Crippen molar-refractivity contribution in [1.29, 1.82) is 0 Å². The van der Waals surface area contributed by atoms with E-state index < -0.39 is 5.82 Å². The lowest BCUT2D eigenvalue weighted by Crippen LogP contribution is -2.44. The maximum absolute atomic E-state index is 13.2. The van der Waals surface area contributed by atoms with Gasteiger partial charge in [0.15, 0.2) is 6.61 Å². The van der Waals surface area contributed by atoms with Crippen molar-refractivity contribution in [2.45, 2.75) is 18.4 Å².